The first-order chi connectivity index (χ1) is 8.47. The first-order valence-corrected chi connectivity index (χ1v) is 6.01. The summed E-state index contributed by atoms with van der Waals surface area (Å²) >= 11 is 0. The minimum Gasteiger partial charge on any atom is -0.480 e. The fourth-order valence-electron chi connectivity index (χ4n) is 1.18. The molecule has 0 radical (unpaired) electrons. The van der Waals surface area contributed by atoms with Gasteiger partial charge in [0.05, 0.1) is 0 Å². The summed E-state index contributed by atoms with van der Waals surface area (Å²) in [4.78, 5) is 25.6. The normalized spacial score (nSPS) is 12.9. The molecule has 1 amide bonds. The second-order valence-corrected chi connectivity index (χ2v) is 3.93. The fraction of sp³-hybridized carbons (Fsp3) is 0.727. The molecule has 0 saturated carbocycles. The highest BCUT2D eigenvalue weighted by molar-refractivity contribution is 5.95. The van der Waals surface area contributed by atoms with E-state index in [1.54, 1.807) is 0 Å². The van der Waals surface area contributed by atoms with Crippen LogP contribution in [-0.4, -0.2) is 42.1 Å². The van der Waals surface area contributed by atoms with Crippen molar-refractivity contribution in [2.45, 2.75) is 39.2 Å². The predicted octanol–water partition coefficient (Wildman–Crippen LogP) is -0.330. The minimum atomic E-state index is -1.00. The van der Waals surface area contributed by atoms with Gasteiger partial charge in [-0.3, -0.25) is 19.9 Å². The maximum absolute atomic E-state index is 10.9. The molecule has 5 N–H and O–H groups in total. The molecular weight excluding hydrogens is 236 g/mol. The molecule has 0 aromatic carbocycles. The number of rotatable bonds is 7. The summed E-state index contributed by atoms with van der Waals surface area (Å²) in [6, 6.07) is -0.844. The molecule has 0 aromatic rings. The number of carboxylic acid groups (broad SMARTS) is 1. The Morgan fingerprint density at radius 1 is 1.44 bits per heavy atom. The molecule has 18 heavy (non-hydrogen) atoms. The van der Waals surface area contributed by atoms with Crippen LogP contribution in [0.15, 0.2) is 4.99 Å². The minimum absolute atomic E-state index is 0.195. The summed E-state index contributed by atoms with van der Waals surface area (Å²) in [6.07, 6.45) is 1.86. The second-order valence-electron chi connectivity index (χ2n) is 3.93. The van der Waals surface area contributed by atoms with E-state index in [4.69, 9.17) is 10.8 Å². The summed E-state index contributed by atoms with van der Waals surface area (Å²) in [6.45, 7) is 4.53. The van der Waals surface area contributed by atoms with Crippen molar-refractivity contribution in [1.82, 2.24) is 10.6 Å². The molecule has 0 rings (SSSR count). The topological polar surface area (TPSA) is 117 Å². The summed E-state index contributed by atoms with van der Waals surface area (Å²) in [5, 5.41) is 14.1. The van der Waals surface area contributed by atoms with E-state index in [1.807, 2.05) is 6.92 Å². The van der Waals surface area contributed by atoms with Gasteiger partial charge in [-0.1, -0.05) is 6.92 Å². The molecule has 1 atom stereocenters. The van der Waals surface area contributed by atoms with E-state index in [9.17, 15) is 9.59 Å². The number of nitrogens with zero attached hydrogens (tertiary/aromatic N) is 1. The number of aliphatic imine (C=N–C) groups is 1. The maximum atomic E-state index is 10.9. The molecule has 0 spiro atoms. The van der Waals surface area contributed by atoms with E-state index in [1.165, 1.54) is 6.92 Å². The lowest BCUT2D eigenvalue weighted by Crippen LogP contribution is -2.41. The van der Waals surface area contributed by atoms with Crippen LogP contribution in [0.1, 0.15) is 33.1 Å². The van der Waals surface area contributed by atoms with Crippen molar-refractivity contribution in [2.24, 2.45) is 10.7 Å². The van der Waals surface area contributed by atoms with E-state index in [0.29, 0.717) is 31.9 Å². The van der Waals surface area contributed by atoms with Crippen LogP contribution in [0.25, 0.3) is 0 Å². The number of carboxylic acids is 1. The van der Waals surface area contributed by atoms with Gasteiger partial charge in [-0.25, -0.2) is 0 Å². The third-order valence-corrected chi connectivity index (χ3v) is 2.09. The molecule has 0 saturated heterocycles. The van der Waals surface area contributed by atoms with Gasteiger partial charge in [-0.05, 0) is 19.3 Å². The van der Waals surface area contributed by atoms with Gasteiger partial charge in [0.1, 0.15) is 6.04 Å². The average Bonchev–Trinajstić information content (AvgIpc) is 2.29. The standard InChI is InChI=1S/C11H22N4O3/c1-3-6-13-11(15-8(2)16)14-7-4-5-9(12)10(17)18/h9H,3-7,12H2,1-2H3,(H,17,18)(H2,13,14,15,16). The third-order valence-electron chi connectivity index (χ3n) is 2.09. The molecule has 0 aliphatic carbocycles. The van der Waals surface area contributed by atoms with Gasteiger partial charge >= 0.3 is 5.97 Å². The zero-order chi connectivity index (χ0) is 14.0. The Kier molecular flexibility index (Phi) is 8.55. The molecule has 0 aromatic heterocycles. The number of nitrogens with two attached hydrogens (primary N) is 1. The number of carbonyl (C=O) groups is 2. The summed E-state index contributed by atoms with van der Waals surface area (Å²) in [5.41, 5.74) is 5.37. The quantitative estimate of drug-likeness (QED) is 0.283. The lowest BCUT2D eigenvalue weighted by Gasteiger charge is -2.11. The molecule has 104 valence electrons. The van der Waals surface area contributed by atoms with Crippen LogP contribution in [0.4, 0.5) is 0 Å². The maximum Gasteiger partial charge on any atom is 0.320 e. The SMILES string of the molecule is CCCN=C(NCCCC(N)C(=O)O)NC(C)=O. The van der Waals surface area contributed by atoms with E-state index >= 15 is 0 Å². The van der Waals surface area contributed by atoms with Crippen LogP contribution in [0.5, 0.6) is 0 Å². The van der Waals surface area contributed by atoms with Crippen LogP contribution in [0.3, 0.4) is 0 Å². The second kappa shape index (κ2) is 9.41. The Bertz CT molecular complexity index is 305. The zero-order valence-electron chi connectivity index (χ0n) is 10.9. The van der Waals surface area contributed by atoms with Crippen LogP contribution >= 0.6 is 0 Å². The highest BCUT2D eigenvalue weighted by atomic mass is 16.4. The number of carbonyl (C=O) groups excluding carboxylic acids is 1. The lowest BCUT2D eigenvalue weighted by atomic mass is 10.2. The van der Waals surface area contributed by atoms with Crippen molar-refractivity contribution in [1.29, 1.82) is 0 Å². The lowest BCUT2D eigenvalue weighted by molar-refractivity contribution is -0.138. The Morgan fingerprint density at radius 3 is 2.61 bits per heavy atom. The van der Waals surface area contributed by atoms with E-state index < -0.39 is 12.0 Å². The number of amides is 1. The van der Waals surface area contributed by atoms with Crippen molar-refractivity contribution in [3.8, 4) is 0 Å². The monoisotopic (exact) mass is 258 g/mol. The van der Waals surface area contributed by atoms with Gasteiger partial charge in [-0.15, -0.1) is 0 Å². The number of guanidine groups is 1. The Labute approximate surface area is 107 Å². The van der Waals surface area contributed by atoms with E-state index in [2.05, 4.69) is 15.6 Å². The molecular formula is C11H22N4O3. The summed E-state index contributed by atoms with van der Waals surface area (Å²) in [5.74, 6) is -0.774. The Balaban J connectivity index is 3.96. The molecule has 0 bridgehead atoms. The number of nitrogens with one attached hydrogen (secondary N) is 2. The third kappa shape index (κ3) is 8.51. The molecule has 7 nitrogen and oxygen atoms in total. The summed E-state index contributed by atoms with van der Waals surface area (Å²) in [7, 11) is 0. The predicted molar refractivity (Wildman–Crippen MR) is 69.3 cm³/mol. The van der Waals surface area contributed by atoms with Gasteiger partial charge in [0.2, 0.25) is 5.91 Å². The Hall–Kier alpha value is -1.63. The molecule has 0 fully saturated rings. The number of hydrogen-bond acceptors (Lipinski definition) is 4. The first kappa shape index (κ1) is 16.4. The van der Waals surface area contributed by atoms with Crippen LogP contribution in [0, 0.1) is 0 Å². The smallest absolute Gasteiger partial charge is 0.320 e. The average molecular weight is 258 g/mol. The van der Waals surface area contributed by atoms with Crippen molar-refractivity contribution < 1.29 is 14.7 Å². The molecule has 0 aliphatic heterocycles. The zero-order valence-corrected chi connectivity index (χ0v) is 10.9. The van der Waals surface area contributed by atoms with Crippen molar-refractivity contribution in [2.75, 3.05) is 13.1 Å². The van der Waals surface area contributed by atoms with Gasteiger partial charge in [0.25, 0.3) is 0 Å². The van der Waals surface area contributed by atoms with Crippen molar-refractivity contribution >= 4 is 17.8 Å². The van der Waals surface area contributed by atoms with Gasteiger partial charge < -0.3 is 16.2 Å². The molecule has 7 heteroatoms. The fourth-order valence-corrected chi connectivity index (χ4v) is 1.18. The first-order valence-electron chi connectivity index (χ1n) is 6.01. The number of aliphatic carboxylic acids is 1. The van der Waals surface area contributed by atoms with Crippen LogP contribution < -0.4 is 16.4 Å². The largest absolute Gasteiger partial charge is 0.480 e. The summed E-state index contributed by atoms with van der Waals surface area (Å²) < 4.78 is 0. The van der Waals surface area contributed by atoms with E-state index in [-0.39, 0.29) is 5.91 Å². The molecule has 0 aliphatic rings. The van der Waals surface area contributed by atoms with Crippen molar-refractivity contribution in [3.63, 3.8) is 0 Å². The highest BCUT2D eigenvalue weighted by Crippen LogP contribution is 1.93. The van der Waals surface area contributed by atoms with Gasteiger partial charge in [-0.2, -0.15) is 0 Å². The van der Waals surface area contributed by atoms with Gasteiger partial charge in [0.15, 0.2) is 5.96 Å². The highest BCUT2D eigenvalue weighted by Gasteiger charge is 2.10. The Morgan fingerprint density at radius 2 is 2.11 bits per heavy atom. The van der Waals surface area contributed by atoms with Crippen LogP contribution in [0.2, 0.25) is 0 Å². The molecule has 0 heterocycles. The van der Waals surface area contributed by atoms with Crippen molar-refractivity contribution in [3.05, 3.63) is 0 Å². The van der Waals surface area contributed by atoms with Crippen LogP contribution in [-0.2, 0) is 9.59 Å². The van der Waals surface area contributed by atoms with Gasteiger partial charge in [0, 0.05) is 20.0 Å². The number of hydrogen-bond donors (Lipinski definition) is 4. The van der Waals surface area contributed by atoms with E-state index in [0.717, 1.165) is 6.42 Å². The molecule has 1 unspecified atom stereocenters.